The molecule has 0 radical (unpaired) electrons. The molecule has 0 N–H and O–H groups in total. The Morgan fingerprint density at radius 1 is 0.952 bits per heavy atom. The summed E-state index contributed by atoms with van der Waals surface area (Å²) in [5, 5.41) is 1.29. The Morgan fingerprint density at radius 3 is 1.95 bits per heavy atom. The average Bonchev–Trinajstić information content (AvgIpc) is 3.02. The summed E-state index contributed by atoms with van der Waals surface area (Å²) in [5.41, 5.74) is 1.27. The number of para-hydroxylation sites is 1. The highest BCUT2D eigenvalue weighted by atomic mass is 15.0. The molecule has 1 unspecified atom stereocenters. The molecule has 1 heteroatoms. The number of benzene rings is 1. The molecule has 118 valence electrons. The van der Waals surface area contributed by atoms with E-state index >= 15 is 0 Å². The molecule has 0 amide bonds. The summed E-state index contributed by atoms with van der Waals surface area (Å²) >= 11 is 0. The zero-order valence-corrected chi connectivity index (χ0v) is 14.9. The lowest BCUT2D eigenvalue weighted by atomic mass is 10.2. The van der Waals surface area contributed by atoms with Gasteiger partial charge >= 0.3 is 0 Å². The van der Waals surface area contributed by atoms with Crippen molar-refractivity contribution in [3.8, 4) is 0 Å². The predicted octanol–water partition coefficient (Wildman–Crippen LogP) is 7.02. The molecule has 0 spiro atoms. The van der Waals surface area contributed by atoms with Crippen molar-refractivity contribution in [2.75, 3.05) is 0 Å². The maximum atomic E-state index is 3.80. The van der Waals surface area contributed by atoms with Crippen LogP contribution in [0.25, 0.3) is 10.9 Å². The molecule has 2 aromatic rings. The number of rotatable bonds is 2. The topological polar surface area (TPSA) is 4.93 Å². The fraction of sp³-hybridized carbons (Fsp3) is 0.400. The van der Waals surface area contributed by atoms with Gasteiger partial charge in [-0.25, -0.2) is 0 Å². The van der Waals surface area contributed by atoms with Crippen LogP contribution >= 0.6 is 0 Å². The summed E-state index contributed by atoms with van der Waals surface area (Å²) in [6.07, 6.45) is 8.06. The molecule has 0 aliphatic heterocycles. The van der Waals surface area contributed by atoms with Crippen molar-refractivity contribution in [3.05, 3.63) is 61.3 Å². The minimum Gasteiger partial charge on any atom is -0.341 e. The van der Waals surface area contributed by atoms with Gasteiger partial charge in [0.15, 0.2) is 0 Å². The minimum absolute atomic E-state index is 0.361. The molecular formula is C20H33N. The van der Waals surface area contributed by atoms with Crippen LogP contribution in [-0.2, 0) is 0 Å². The van der Waals surface area contributed by atoms with Crippen molar-refractivity contribution < 1.29 is 0 Å². The van der Waals surface area contributed by atoms with Gasteiger partial charge in [-0.1, -0.05) is 64.1 Å². The highest BCUT2D eigenvalue weighted by Gasteiger charge is 2.02. The number of nitrogens with zero attached hydrogens (tertiary/aromatic N) is 1. The van der Waals surface area contributed by atoms with Crippen LogP contribution < -0.4 is 0 Å². The van der Waals surface area contributed by atoms with E-state index in [0.717, 1.165) is 0 Å². The van der Waals surface area contributed by atoms with Crippen LogP contribution in [0.1, 0.15) is 54.5 Å². The molecule has 1 aromatic carbocycles. The van der Waals surface area contributed by atoms with Crippen LogP contribution in [0.15, 0.2) is 61.3 Å². The zero-order chi connectivity index (χ0) is 16.7. The van der Waals surface area contributed by atoms with E-state index in [1.54, 1.807) is 0 Å². The van der Waals surface area contributed by atoms with Crippen molar-refractivity contribution in [3.63, 3.8) is 0 Å². The molecule has 0 bridgehead atoms. The van der Waals surface area contributed by atoms with Crippen LogP contribution in [0, 0.1) is 0 Å². The van der Waals surface area contributed by atoms with E-state index in [2.05, 4.69) is 54.6 Å². The third-order valence-electron chi connectivity index (χ3n) is 2.74. The Balaban J connectivity index is 0. The average molecular weight is 287 g/mol. The lowest BCUT2D eigenvalue weighted by Crippen LogP contribution is -1.98. The first kappa shape index (κ1) is 21.5. The zero-order valence-electron chi connectivity index (χ0n) is 14.9. The largest absolute Gasteiger partial charge is 0.341 e. The van der Waals surface area contributed by atoms with Crippen LogP contribution in [-0.4, -0.2) is 4.57 Å². The van der Waals surface area contributed by atoms with Crippen LogP contribution in [0.4, 0.5) is 0 Å². The van der Waals surface area contributed by atoms with Gasteiger partial charge < -0.3 is 4.57 Å². The molecular weight excluding hydrogens is 254 g/mol. The monoisotopic (exact) mass is 287 g/mol. The Labute approximate surface area is 132 Å². The summed E-state index contributed by atoms with van der Waals surface area (Å²) in [6.45, 7) is 17.9. The van der Waals surface area contributed by atoms with E-state index in [-0.39, 0.29) is 0 Å². The lowest BCUT2D eigenvalue weighted by molar-refractivity contribution is 0.689. The standard InChI is InChI=1S/C12H13N.C4H8.2C2H6/c1-3-10(2)13-9-8-11-6-4-5-7-12(11)13;1-3-4-2;2*1-2/h3-10H,1H2,2H3;3-4H,1-2H3;2*1-2H3/b;4-3-;;. The second kappa shape index (κ2) is 14.6. The first-order valence-electron chi connectivity index (χ1n) is 8.00. The van der Waals surface area contributed by atoms with Crippen molar-refractivity contribution in [2.24, 2.45) is 0 Å². The molecule has 2 rings (SSSR count). The third-order valence-corrected chi connectivity index (χ3v) is 2.74. The van der Waals surface area contributed by atoms with Crippen molar-refractivity contribution in [1.82, 2.24) is 4.57 Å². The van der Waals surface area contributed by atoms with E-state index < -0.39 is 0 Å². The maximum Gasteiger partial charge on any atom is 0.0485 e. The van der Waals surface area contributed by atoms with Gasteiger partial charge in [0, 0.05) is 17.8 Å². The third kappa shape index (κ3) is 7.55. The Kier molecular flexibility index (Phi) is 15.0. The van der Waals surface area contributed by atoms with E-state index in [1.165, 1.54) is 10.9 Å². The van der Waals surface area contributed by atoms with Gasteiger partial charge in [0.2, 0.25) is 0 Å². The van der Waals surface area contributed by atoms with Crippen molar-refractivity contribution >= 4 is 10.9 Å². The van der Waals surface area contributed by atoms with Gasteiger partial charge in [-0.05, 0) is 38.3 Å². The van der Waals surface area contributed by atoms with Crippen LogP contribution in [0.3, 0.4) is 0 Å². The second-order valence-corrected chi connectivity index (χ2v) is 3.92. The highest BCUT2D eigenvalue weighted by Crippen LogP contribution is 2.19. The fourth-order valence-electron chi connectivity index (χ4n) is 1.57. The molecule has 0 saturated heterocycles. The first-order chi connectivity index (χ1) is 10.2. The molecule has 1 aromatic heterocycles. The SMILES string of the molecule is C/C=C\C.C=CC(C)n1ccc2ccccc21.CC.CC. The summed E-state index contributed by atoms with van der Waals surface area (Å²) in [6, 6.07) is 10.9. The first-order valence-corrected chi connectivity index (χ1v) is 8.00. The van der Waals surface area contributed by atoms with E-state index in [1.807, 2.05) is 59.8 Å². The summed E-state index contributed by atoms with van der Waals surface area (Å²) < 4.78 is 2.22. The Bertz CT molecular complexity index is 487. The maximum absolute atomic E-state index is 3.80. The summed E-state index contributed by atoms with van der Waals surface area (Å²) in [5.74, 6) is 0. The molecule has 0 aliphatic carbocycles. The second-order valence-electron chi connectivity index (χ2n) is 3.92. The number of fused-ring (bicyclic) bond motifs is 1. The smallest absolute Gasteiger partial charge is 0.0485 e. The van der Waals surface area contributed by atoms with E-state index in [0.29, 0.717) is 6.04 Å². The highest BCUT2D eigenvalue weighted by molar-refractivity contribution is 5.80. The normalized spacial score (nSPS) is 10.4. The van der Waals surface area contributed by atoms with E-state index in [4.69, 9.17) is 0 Å². The van der Waals surface area contributed by atoms with Gasteiger partial charge in [-0.15, -0.1) is 6.58 Å². The number of hydrogen-bond acceptors (Lipinski definition) is 0. The molecule has 1 heterocycles. The predicted molar refractivity (Wildman–Crippen MR) is 100 cm³/mol. The van der Waals surface area contributed by atoms with Crippen LogP contribution in [0.2, 0.25) is 0 Å². The number of aromatic nitrogens is 1. The van der Waals surface area contributed by atoms with Gasteiger partial charge in [0.05, 0.1) is 0 Å². The molecule has 1 atom stereocenters. The van der Waals surface area contributed by atoms with Gasteiger partial charge in [0.25, 0.3) is 0 Å². The Morgan fingerprint density at radius 2 is 1.48 bits per heavy atom. The number of hydrogen-bond donors (Lipinski definition) is 0. The van der Waals surface area contributed by atoms with E-state index in [9.17, 15) is 0 Å². The van der Waals surface area contributed by atoms with Crippen molar-refractivity contribution in [1.29, 1.82) is 0 Å². The molecule has 21 heavy (non-hydrogen) atoms. The molecule has 0 saturated carbocycles. The molecule has 0 aliphatic rings. The molecule has 1 nitrogen and oxygen atoms in total. The quantitative estimate of drug-likeness (QED) is 0.523. The van der Waals surface area contributed by atoms with Crippen molar-refractivity contribution in [2.45, 2.75) is 54.5 Å². The minimum atomic E-state index is 0.361. The van der Waals surface area contributed by atoms with Gasteiger partial charge in [-0.2, -0.15) is 0 Å². The summed E-state index contributed by atoms with van der Waals surface area (Å²) in [7, 11) is 0. The lowest BCUT2D eigenvalue weighted by Gasteiger charge is -2.09. The fourth-order valence-corrected chi connectivity index (χ4v) is 1.57. The summed E-state index contributed by atoms with van der Waals surface area (Å²) in [4.78, 5) is 0. The number of allylic oxidation sites excluding steroid dienone is 3. The Hall–Kier alpha value is -1.76. The molecule has 0 fully saturated rings. The van der Waals surface area contributed by atoms with Gasteiger partial charge in [-0.3, -0.25) is 0 Å². The van der Waals surface area contributed by atoms with Gasteiger partial charge in [0.1, 0.15) is 0 Å². The van der Waals surface area contributed by atoms with Crippen LogP contribution in [0.5, 0.6) is 0 Å².